The molecular weight excluding hydrogens is 276 g/mol. The Morgan fingerprint density at radius 2 is 1.50 bits per heavy atom. The third-order valence-electron chi connectivity index (χ3n) is 3.55. The zero-order valence-corrected chi connectivity index (χ0v) is 12.4. The van der Waals surface area contributed by atoms with E-state index in [4.69, 9.17) is 0 Å². The maximum atomic E-state index is 11.3. The molecule has 4 nitrogen and oxygen atoms in total. The standard InChI is InChI=1S/C18H16N2O2/c1-12-3-7-14(8-4-12)17-19-16(18(21)22)11-20(17)15-9-5-13(2)6-10-15/h3-11H,1-2H3,(H,21,22). The summed E-state index contributed by atoms with van der Waals surface area (Å²) in [5, 5.41) is 9.23. The zero-order valence-electron chi connectivity index (χ0n) is 12.4. The second-order valence-electron chi connectivity index (χ2n) is 5.33. The number of hydrogen-bond acceptors (Lipinski definition) is 2. The first-order valence-corrected chi connectivity index (χ1v) is 7.01. The summed E-state index contributed by atoms with van der Waals surface area (Å²) in [6, 6.07) is 15.8. The third-order valence-corrected chi connectivity index (χ3v) is 3.55. The number of nitrogens with zero attached hydrogens (tertiary/aromatic N) is 2. The van der Waals surface area contributed by atoms with Crippen LogP contribution in [0, 0.1) is 13.8 Å². The summed E-state index contributed by atoms with van der Waals surface area (Å²) in [6.07, 6.45) is 1.56. The van der Waals surface area contributed by atoms with Crippen molar-refractivity contribution in [2.24, 2.45) is 0 Å². The summed E-state index contributed by atoms with van der Waals surface area (Å²) in [4.78, 5) is 15.5. The highest BCUT2D eigenvalue weighted by atomic mass is 16.4. The fourth-order valence-electron chi connectivity index (χ4n) is 2.29. The smallest absolute Gasteiger partial charge is 0.356 e. The Morgan fingerprint density at radius 3 is 2.05 bits per heavy atom. The molecule has 0 saturated heterocycles. The molecule has 22 heavy (non-hydrogen) atoms. The van der Waals surface area contributed by atoms with Crippen molar-refractivity contribution in [1.82, 2.24) is 9.55 Å². The Labute approximate surface area is 128 Å². The van der Waals surface area contributed by atoms with Crippen LogP contribution in [0.3, 0.4) is 0 Å². The van der Waals surface area contributed by atoms with Crippen molar-refractivity contribution < 1.29 is 9.90 Å². The molecular formula is C18H16N2O2. The number of benzene rings is 2. The number of carbonyl (C=O) groups is 1. The maximum absolute atomic E-state index is 11.3. The van der Waals surface area contributed by atoms with Crippen molar-refractivity contribution in [3.63, 3.8) is 0 Å². The van der Waals surface area contributed by atoms with Crippen LogP contribution in [0.1, 0.15) is 21.6 Å². The van der Waals surface area contributed by atoms with Gasteiger partial charge in [0.05, 0.1) is 0 Å². The molecule has 0 spiro atoms. The predicted molar refractivity (Wildman–Crippen MR) is 85.4 cm³/mol. The molecule has 0 aliphatic carbocycles. The molecule has 0 unspecified atom stereocenters. The highest BCUT2D eigenvalue weighted by molar-refractivity contribution is 5.86. The summed E-state index contributed by atoms with van der Waals surface area (Å²) in [5.74, 6) is -0.402. The van der Waals surface area contributed by atoms with Crippen LogP contribution < -0.4 is 0 Å². The van der Waals surface area contributed by atoms with Gasteiger partial charge in [0.1, 0.15) is 5.82 Å². The molecule has 0 fully saturated rings. The van der Waals surface area contributed by atoms with Gasteiger partial charge in [-0.15, -0.1) is 0 Å². The molecule has 3 rings (SSSR count). The Bertz CT molecular complexity index is 752. The van der Waals surface area contributed by atoms with Crippen LogP contribution in [0.25, 0.3) is 17.1 Å². The third kappa shape index (κ3) is 2.63. The molecule has 1 aromatic heterocycles. The first kappa shape index (κ1) is 14.1. The van der Waals surface area contributed by atoms with Gasteiger partial charge in [-0.3, -0.25) is 4.57 Å². The van der Waals surface area contributed by atoms with E-state index in [2.05, 4.69) is 4.98 Å². The lowest BCUT2D eigenvalue weighted by Gasteiger charge is -2.08. The van der Waals surface area contributed by atoms with Crippen LogP contribution in [-0.2, 0) is 0 Å². The van der Waals surface area contributed by atoms with E-state index in [0.29, 0.717) is 5.82 Å². The Kier molecular flexibility index (Phi) is 3.51. The van der Waals surface area contributed by atoms with Gasteiger partial charge >= 0.3 is 5.97 Å². The minimum Gasteiger partial charge on any atom is -0.476 e. The van der Waals surface area contributed by atoms with E-state index in [1.807, 2.05) is 66.9 Å². The second kappa shape index (κ2) is 5.48. The van der Waals surface area contributed by atoms with Crippen molar-refractivity contribution in [1.29, 1.82) is 0 Å². The van der Waals surface area contributed by atoms with E-state index in [0.717, 1.165) is 22.4 Å². The number of carboxylic acid groups (broad SMARTS) is 1. The van der Waals surface area contributed by atoms with Gasteiger partial charge in [0.2, 0.25) is 0 Å². The summed E-state index contributed by atoms with van der Waals surface area (Å²) < 4.78 is 1.81. The Morgan fingerprint density at radius 1 is 0.955 bits per heavy atom. The lowest BCUT2D eigenvalue weighted by atomic mass is 10.1. The molecule has 0 atom stereocenters. The lowest BCUT2D eigenvalue weighted by molar-refractivity contribution is 0.0691. The quantitative estimate of drug-likeness (QED) is 0.797. The van der Waals surface area contributed by atoms with Gasteiger partial charge in [-0.2, -0.15) is 0 Å². The van der Waals surface area contributed by atoms with E-state index in [1.54, 1.807) is 6.20 Å². The van der Waals surface area contributed by atoms with E-state index in [9.17, 15) is 9.90 Å². The van der Waals surface area contributed by atoms with Crippen molar-refractivity contribution in [3.8, 4) is 17.1 Å². The average Bonchev–Trinajstić information content (AvgIpc) is 2.94. The average molecular weight is 292 g/mol. The number of aromatic nitrogens is 2. The number of rotatable bonds is 3. The van der Waals surface area contributed by atoms with Crippen molar-refractivity contribution in [2.75, 3.05) is 0 Å². The largest absolute Gasteiger partial charge is 0.476 e. The fourth-order valence-corrected chi connectivity index (χ4v) is 2.29. The van der Waals surface area contributed by atoms with Crippen molar-refractivity contribution in [3.05, 3.63) is 71.5 Å². The Balaban J connectivity index is 2.17. The lowest BCUT2D eigenvalue weighted by Crippen LogP contribution is -1.96. The number of carboxylic acids is 1. The topological polar surface area (TPSA) is 55.1 Å². The van der Waals surface area contributed by atoms with Gasteiger partial charge in [0, 0.05) is 17.4 Å². The summed E-state index contributed by atoms with van der Waals surface area (Å²) in [5.41, 5.74) is 4.12. The molecule has 0 saturated carbocycles. The fraction of sp³-hybridized carbons (Fsp3) is 0.111. The summed E-state index contributed by atoms with van der Waals surface area (Å²) in [7, 11) is 0. The van der Waals surface area contributed by atoms with Gasteiger partial charge in [-0.05, 0) is 26.0 Å². The SMILES string of the molecule is Cc1ccc(-c2nc(C(=O)O)cn2-c2ccc(C)cc2)cc1. The highest BCUT2D eigenvalue weighted by Crippen LogP contribution is 2.23. The molecule has 0 bridgehead atoms. The van der Waals surface area contributed by atoms with Crippen LogP contribution in [0.4, 0.5) is 0 Å². The molecule has 0 aliphatic heterocycles. The minimum absolute atomic E-state index is 0.0381. The van der Waals surface area contributed by atoms with Gasteiger partial charge in [0.25, 0.3) is 0 Å². The van der Waals surface area contributed by atoms with Gasteiger partial charge in [-0.1, -0.05) is 47.5 Å². The van der Waals surface area contributed by atoms with Gasteiger partial charge in [-0.25, -0.2) is 9.78 Å². The number of hydrogen-bond donors (Lipinski definition) is 1. The first-order valence-electron chi connectivity index (χ1n) is 7.01. The molecule has 1 heterocycles. The van der Waals surface area contributed by atoms with E-state index in [1.165, 1.54) is 0 Å². The van der Waals surface area contributed by atoms with Crippen molar-refractivity contribution in [2.45, 2.75) is 13.8 Å². The first-order chi connectivity index (χ1) is 10.5. The van der Waals surface area contributed by atoms with Crippen LogP contribution >= 0.6 is 0 Å². The van der Waals surface area contributed by atoms with Crippen LogP contribution in [0.15, 0.2) is 54.7 Å². The Hall–Kier alpha value is -2.88. The van der Waals surface area contributed by atoms with Crippen LogP contribution in [-0.4, -0.2) is 20.6 Å². The molecule has 0 amide bonds. The molecule has 2 aromatic carbocycles. The number of aromatic carboxylic acids is 1. The van der Waals surface area contributed by atoms with Gasteiger partial charge in [0.15, 0.2) is 5.69 Å². The molecule has 4 heteroatoms. The molecule has 0 aliphatic rings. The monoisotopic (exact) mass is 292 g/mol. The minimum atomic E-state index is -1.03. The number of imidazole rings is 1. The van der Waals surface area contributed by atoms with E-state index >= 15 is 0 Å². The highest BCUT2D eigenvalue weighted by Gasteiger charge is 2.15. The van der Waals surface area contributed by atoms with Crippen LogP contribution in [0.5, 0.6) is 0 Å². The predicted octanol–water partition coefficient (Wildman–Crippen LogP) is 3.85. The summed E-state index contributed by atoms with van der Waals surface area (Å²) in [6.45, 7) is 4.03. The summed E-state index contributed by atoms with van der Waals surface area (Å²) >= 11 is 0. The maximum Gasteiger partial charge on any atom is 0.356 e. The number of aryl methyl sites for hydroxylation is 2. The second-order valence-corrected chi connectivity index (χ2v) is 5.33. The van der Waals surface area contributed by atoms with Crippen molar-refractivity contribution >= 4 is 5.97 Å². The molecule has 3 aromatic rings. The zero-order chi connectivity index (χ0) is 15.7. The molecule has 0 radical (unpaired) electrons. The van der Waals surface area contributed by atoms with Crippen LogP contribution in [0.2, 0.25) is 0 Å². The van der Waals surface area contributed by atoms with Gasteiger partial charge < -0.3 is 5.11 Å². The molecule has 1 N–H and O–H groups in total. The van der Waals surface area contributed by atoms with E-state index < -0.39 is 5.97 Å². The van der Waals surface area contributed by atoms with E-state index in [-0.39, 0.29) is 5.69 Å². The molecule has 110 valence electrons. The normalized spacial score (nSPS) is 10.6.